The molecule has 0 aliphatic carbocycles. The number of anilines is 1. The molecular formula is C18H17BrN2. The van der Waals surface area contributed by atoms with Crippen LogP contribution < -0.4 is 4.90 Å². The summed E-state index contributed by atoms with van der Waals surface area (Å²) in [5, 5.41) is 8.85. The van der Waals surface area contributed by atoms with Gasteiger partial charge in [-0.05, 0) is 60.7 Å². The topological polar surface area (TPSA) is 27.0 Å². The lowest BCUT2D eigenvalue weighted by Crippen LogP contribution is -2.32. The number of nitrogens with zero attached hydrogens (tertiary/aromatic N) is 2. The molecule has 1 fully saturated rings. The number of rotatable bonds is 2. The van der Waals surface area contributed by atoms with Crippen molar-refractivity contribution in [3.63, 3.8) is 0 Å². The van der Waals surface area contributed by atoms with Gasteiger partial charge in [-0.3, -0.25) is 0 Å². The van der Waals surface area contributed by atoms with Gasteiger partial charge in [-0.25, -0.2) is 0 Å². The zero-order valence-corrected chi connectivity index (χ0v) is 13.4. The van der Waals surface area contributed by atoms with E-state index in [9.17, 15) is 0 Å². The minimum atomic E-state index is 0.660. The van der Waals surface area contributed by atoms with Crippen molar-refractivity contribution in [2.75, 3.05) is 18.0 Å². The maximum atomic E-state index is 8.85. The minimum Gasteiger partial charge on any atom is -0.371 e. The van der Waals surface area contributed by atoms with E-state index >= 15 is 0 Å². The Kier molecular flexibility index (Phi) is 4.26. The van der Waals surface area contributed by atoms with E-state index in [1.807, 2.05) is 12.1 Å². The Balaban J connectivity index is 1.64. The highest BCUT2D eigenvalue weighted by molar-refractivity contribution is 9.10. The molecule has 1 heterocycles. The third-order valence-electron chi connectivity index (χ3n) is 4.20. The molecule has 1 aliphatic rings. The Labute approximate surface area is 134 Å². The highest BCUT2D eigenvalue weighted by Crippen LogP contribution is 2.31. The lowest BCUT2D eigenvalue weighted by molar-refractivity contribution is 0.505. The van der Waals surface area contributed by atoms with Crippen molar-refractivity contribution in [2.24, 2.45) is 0 Å². The summed E-state index contributed by atoms with van der Waals surface area (Å²) in [6.07, 6.45) is 2.36. The van der Waals surface area contributed by atoms with E-state index in [2.05, 4.69) is 63.3 Å². The molecule has 0 atom stereocenters. The van der Waals surface area contributed by atoms with Gasteiger partial charge < -0.3 is 4.90 Å². The van der Waals surface area contributed by atoms with Crippen molar-refractivity contribution < 1.29 is 0 Å². The fraction of sp³-hybridized carbons (Fsp3) is 0.278. The van der Waals surface area contributed by atoms with Crippen molar-refractivity contribution >= 4 is 21.6 Å². The van der Waals surface area contributed by atoms with E-state index in [1.165, 1.54) is 24.1 Å². The summed E-state index contributed by atoms with van der Waals surface area (Å²) < 4.78 is 1.14. The van der Waals surface area contributed by atoms with Crippen molar-refractivity contribution in [1.29, 1.82) is 5.26 Å². The van der Waals surface area contributed by atoms with Gasteiger partial charge >= 0.3 is 0 Å². The monoisotopic (exact) mass is 340 g/mol. The molecule has 0 N–H and O–H groups in total. The molecule has 1 aliphatic heterocycles. The minimum absolute atomic E-state index is 0.660. The second-order valence-corrected chi connectivity index (χ2v) is 6.39. The molecule has 2 aromatic carbocycles. The van der Waals surface area contributed by atoms with E-state index in [1.54, 1.807) is 0 Å². The van der Waals surface area contributed by atoms with Gasteiger partial charge in [-0.2, -0.15) is 5.26 Å². The second kappa shape index (κ2) is 6.32. The molecule has 0 radical (unpaired) electrons. The van der Waals surface area contributed by atoms with Crippen molar-refractivity contribution in [1.82, 2.24) is 0 Å². The molecule has 0 amide bonds. The van der Waals surface area contributed by atoms with Crippen LogP contribution in [0.2, 0.25) is 0 Å². The maximum absolute atomic E-state index is 8.85. The van der Waals surface area contributed by atoms with Gasteiger partial charge in [0.15, 0.2) is 0 Å². The highest BCUT2D eigenvalue weighted by Gasteiger charge is 2.20. The summed E-state index contributed by atoms with van der Waals surface area (Å²) in [5.41, 5.74) is 3.39. The van der Waals surface area contributed by atoms with Crippen LogP contribution in [0.15, 0.2) is 53.0 Å². The normalized spacial score (nSPS) is 15.7. The predicted octanol–water partition coefficient (Wildman–Crippen LogP) is 4.70. The Morgan fingerprint density at radius 2 is 1.57 bits per heavy atom. The first-order chi connectivity index (χ1) is 10.3. The number of hydrogen-bond donors (Lipinski definition) is 0. The summed E-state index contributed by atoms with van der Waals surface area (Å²) >= 11 is 3.49. The van der Waals surface area contributed by atoms with Crippen LogP contribution in [0.25, 0.3) is 0 Å². The fourth-order valence-electron chi connectivity index (χ4n) is 2.95. The maximum Gasteiger partial charge on any atom is 0.0991 e. The molecule has 2 aromatic rings. The molecule has 1 saturated heterocycles. The average molecular weight is 341 g/mol. The number of benzene rings is 2. The summed E-state index contributed by atoms with van der Waals surface area (Å²) in [5.74, 6) is 0.660. The van der Waals surface area contributed by atoms with Gasteiger partial charge in [0.05, 0.1) is 11.6 Å². The molecule has 0 aromatic heterocycles. The van der Waals surface area contributed by atoms with Crippen LogP contribution in [0.3, 0.4) is 0 Å². The van der Waals surface area contributed by atoms with E-state index in [-0.39, 0.29) is 0 Å². The molecule has 2 nitrogen and oxygen atoms in total. The number of nitriles is 1. The first kappa shape index (κ1) is 14.2. The van der Waals surface area contributed by atoms with Gasteiger partial charge in [0.25, 0.3) is 0 Å². The Morgan fingerprint density at radius 1 is 0.952 bits per heavy atom. The summed E-state index contributed by atoms with van der Waals surface area (Å²) in [4.78, 5) is 2.41. The smallest absolute Gasteiger partial charge is 0.0991 e. The predicted molar refractivity (Wildman–Crippen MR) is 89.5 cm³/mol. The van der Waals surface area contributed by atoms with Gasteiger partial charge in [0.2, 0.25) is 0 Å². The van der Waals surface area contributed by atoms with Crippen LogP contribution in [-0.2, 0) is 0 Å². The first-order valence-electron chi connectivity index (χ1n) is 7.27. The van der Waals surface area contributed by atoms with Crippen molar-refractivity contribution in [3.05, 3.63) is 64.1 Å². The molecule has 0 saturated carbocycles. The van der Waals surface area contributed by atoms with Crippen molar-refractivity contribution in [3.8, 4) is 6.07 Å². The number of piperidine rings is 1. The van der Waals surface area contributed by atoms with Crippen LogP contribution in [0, 0.1) is 11.3 Å². The molecular weight excluding hydrogens is 324 g/mol. The Hall–Kier alpha value is -1.79. The van der Waals surface area contributed by atoms with Crippen LogP contribution in [-0.4, -0.2) is 13.1 Å². The Morgan fingerprint density at radius 3 is 2.14 bits per heavy atom. The summed E-state index contributed by atoms with van der Waals surface area (Å²) in [6.45, 7) is 2.15. The zero-order chi connectivity index (χ0) is 14.7. The van der Waals surface area contributed by atoms with Crippen LogP contribution >= 0.6 is 15.9 Å². The zero-order valence-electron chi connectivity index (χ0n) is 11.8. The Bertz CT molecular complexity index is 632. The number of hydrogen-bond acceptors (Lipinski definition) is 2. The molecule has 3 rings (SSSR count). The average Bonchev–Trinajstić information content (AvgIpc) is 2.56. The summed E-state index contributed by atoms with van der Waals surface area (Å²) in [7, 11) is 0. The lowest BCUT2D eigenvalue weighted by Gasteiger charge is -2.34. The number of halogens is 1. The van der Waals surface area contributed by atoms with Gasteiger partial charge in [-0.15, -0.1) is 0 Å². The molecule has 3 heteroatoms. The van der Waals surface area contributed by atoms with Crippen LogP contribution in [0.1, 0.15) is 29.9 Å². The SMILES string of the molecule is N#Cc1ccc(N2CCC(c3ccc(Br)cc3)CC2)cc1. The molecule has 0 bridgehead atoms. The third kappa shape index (κ3) is 3.28. The third-order valence-corrected chi connectivity index (χ3v) is 4.73. The fourth-order valence-corrected chi connectivity index (χ4v) is 3.22. The van der Waals surface area contributed by atoms with Gasteiger partial charge in [-0.1, -0.05) is 28.1 Å². The molecule has 0 unspecified atom stereocenters. The van der Waals surface area contributed by atoms with Crippen LogP contribution in [0.4, 0.5) is 5.69 Å². The van der Waals surface area contributed by atoms with E-state index in [0.29, 0.717) is 5.92 Å². The van der Waals surface area contributed by atoms with E-state index in [0.717, 1.165) is 23.1 Å². The van der Waals surface area contributed by atoms with Crippen molar-refractivity contribution in [2.45, 2.75) is 18.8 Å². The summed E-state index contributed by atoms with van der Waals surface area (Å²) in [6, 6.07) is 18.8. The van der Waals surface area contributed by atoms with Gasteiger partial charge in [0.1, 0.15) is 0 Å². The van der Waals surface area contributed by atoms with Gasteiger partial charge in [0, 0.05) is 23.2 Å². The van der Waals surface area contributed by atoms with E-state index in [4.69, 9.17) is 5.26 Å². The standard InChI is InChI=1S/C18H17BrN2/c19-17-5-3-15(4-6-17)16-9-11-21(12-10-16)18-7-1-14(13-20)2-8-18/h1-8,16H,9-12H2. The lowest BCUT2D eigenvalue weighted by atomic mass is 9.89. The molecule has 106 valence electrons. The second-order valence-electron chi connectivity index (χ2n) is 5.47. The molecule has 0 spiro atoms. The van der Waals surface area contributed by atoms with Crippen LogP contribution in [0.5, 0.6) is 0 Å². The highest BCUT2D eigenvalue weighted by atomic mass is 79.9. The largest absolute Gasteiger partial charge is 0.371 e. The van der Waals surface area contributed by atoms with E-state index < -0.39 is 0 Å². The molecule has 21 heavy (non-hydrogen) atoms. The first-order valence-corrected chi connectivity index (χ1v) is 8.06. The quantitative estimate of drug-likeness (QED) is 0.791.